The van der Waals surface area contributed by atoms with E-state index in [1.165, 1.54) is 38.0 Å². The first-order valence-electron chi connectivity index (χ1n) is 16.1. The molecule has 0 aliphatic heterocycles. The Labute approximate surface area is 276 Å². The van der Waals surface area contributed by atoms with Gasteiger partial charge in [0.05, 0.1) is 22.1 Å². The smallest absolute Gasteiger partial charge is 0.238 e. The van der Waals surface area contributed by atoms with Gasteiger partial charge in [0.2, 0.25) is 5.95 Å². The normalized spacial score (nSPS) is 11.8. The Kier molecular flexibility index (Phi) is 5.81. The molecule has 0 saturated heterocycles. The predicted molar refractivity (Wildman–Crippen MR) is 197 cm³/mol. The molecule has 10 aromatic rings. The van der Waals surface area contributed by atoms with E-state index in [0.717, 1.165) is 33.2 Å². The van der Waals surface area contributed by atoms with E-state index in [4.69, 9.17) is 15.0 Å². The molecule has 5 nitrogen and oxygen atoms in total. The first kappa shape index (κ1) is 26.6. The van der Waals surface area contributed by atoms with Crippen molar-refractivity contribution in [1.29, 1.82) is 0 Å². The molecule has 0 bridgehead atoms. The Hall–Kier alpha value is -6.59. The second-order valence-electron chi connectivity index (χ2n) is 12.1. The topological polar surface area (TPSA) is 48.5 Å². The molecular weight excluding hydrogens is 587 g/mol. The number of fused-ring (bicyclic) bond motifs is 8. The van der Waals surface area contributed by atoms with Gasteiger partial charge in [0, 0.05) is 38.4 Å². The fourth-order valence-corrected chi connectivity index (χ4v) is 7.22. The Morgan fingerprint density at radius 1 is 0.354 bits per heavy atom. The van der Waals surface area contributed by atoms with Gasteiger partial charge in [0.25, 0.3) is 0 Å². The number of nitrogens with zero attached hydrogens (tertiary/aromatic N) is 5. The molecule has 0 radical (unpaired) electrons. The maximum absolute atomic E-state index is 5.12. The summed E-state index contributed by atoms with van der Waals surface area (Å²) in [6.45, 7) is 0. The van der Waals surface area contributed by atoms with Gasteiger partial charge in [-0.05, 0) is 53.2 Å². The molecule has 0 fully saturated rings. The van der Waals surface area contributed by atoms with Crippen LogP contribution in [0.5, 0.6) is 0 Å². The van der Waals surface area contributed by atoms with Crippen LogP contribution >= 0.6 is 0 Å². The summed E-state index contributed by atoms with van der Waals surface area (Å²) >= 11 is 0. The number of aromatic nitrogens is 5. The van der Waals surface area contributed by atoms with Crippen molar-refractivity contribution in [1.82, 2.24) is 24.1 Å². The summed E-state index contributed by atoms with van der Waals surface area (Å²) in [5.74, 6) is 1.87. The maximum Gasteiger partial charge on any atom is 0.238 e. The summed E-state index contributed by atoms with van der Waals surface area (Å²) in [7, 11) is 0. The van der Waals surface area contributed by atoms with E-state index in [-0.39, 0.29) is 0 Å². The monoisotopic (exact) mass is 613 g/mol. The lowest BCUT2D eigenvalue weighted by Gasteiger charge is -2.11. The lowest BCUT2D eigenvalue weighted by Crippen LogP contribution is -2.06. The number of rotatable bonds is 4. The SMILES string of the molecule is c1ccc(-c2nc(-c3ccccc3)nc(-n3c4ccccc4c4c5cc6c7ccccc7n(-c7ccccc7)c6cc5ccc43)n2)cc1. The largest absolute Gasteiger partial charge is 0.309 e. The molecule has 7 aromatic carbocycles. The zero-order valence-electron chi connectivity index (χ0n) is 25.8. The zero-order chi connectivity index (χ0) is 31.6. The molecule has 0 aliphatic carbocycles. The summed E-state index contributed by atoms with van der Waals surface area (Å²) in [5, 5.41) is 7.19. The summed E-state index contributed by atoms with van der Waals surface area (Å²) in [5.41, 5.74) is 7.54. The van der Waals surface area contributed by atoms with Gasteiger partial charge in [-0.1, -0.05) is 121 Å². The minimum atomic E-state index is 0.593. The van der Waals surface area contributed by atoms with Gasteiger partial charge >= 0.3 is 0 Å². The fourth-order valence-electron chi connectivity index (χ4n) is 7.22. The molecule has 5 heteroatoms. The third-order valence-electron chi connectivity index (χ3n) is 9.35. The minimum absolute atomic E-state index is 0.593. The fraction of sp³-hybridized carbons (Fsp3) is 0. The average Bonchev–Trinajstić information content (AvgIpc) is 3.67. The van der Waals surface area contributed by atoms with Crippen molar-refractivity contribution in [3.8, 4) is 34.4 Å². The first-order valence-corrected chi connectivity index (χ1v) is 16.1. The third-order valence-corrected chi connectivity index (χ3v) is 9.35. The second-order valence-corrected chi connectivity index (χ2v) is 12.1. The van der Waals surface area contributed by atoms with E-state index in [2.05, 4.69) is 112 Å². The van der Waals surface area contributed by atoms with E-state index in [0.29, 0.717) is 17.6 Å². The molecule has 0 saturated carbocycles. The van der Waals surface area contributed by atoms with Crippen molar-refractivity contribution in [2.75, 3.05) is 0 Å². The molecule has 0 amide bonds. The summed E-state index contributed by atoms with van der Waals surface area (Å²) < 4.78 is 4.57. The molecule has 10 rings (SSSR count). The first-order chi connectivity index (χ1) is 23.8. The second kappa shape index (κ2) is 10.5. The molecule has 0 unspecified atom stereocenters. The molecule has 0 N–H and O–H groups in total. The van der Waals surface area contributed by atoms with Gasteiger partial charge in [0.15, 0.2) is 11.6 Å². The van der Waals surface area contributed by atoms with Gasteiger partial charge in [0.1, 0.15) is 0 Å². The number of para-hydroxylation sites is 3. The van der Waals surface area contributed by atoms with E-state index >= 15 is 0 Å². The number of benzene rings is 7. The van der Waals surface area contributed by atoms with Gasteiger partial charge in [-0.3, -0.25) is 4.57 Å². The number of hydrogen-bond donors (Lipinski definition) is 0. The van der Waals surface area contributed by atoms with Crippen LogP contribution in [0, 0.1) is 0 Å². The lowest BCUT2D eigenvalue weighted by atomic mass is 10.0. The van der Waals surface area contributed by atoms with E-state index in [9.17, 15) is 0 Å². The Morgan fingerprint density at radius 2 is 0.917 bits per heavy atom. The van der Waals surface area contributed by atoms with Crippen LogP contribution in [0.15, 0.2) is 164 Å². The van der Waals surface area contributed by atoms with Gasteiger partial charge < -0.3 is 4.57 Å². The number of hydrogen-bond acceptors (Lipinski definition) is 3. The molecule has 0 aliphatic rings. The molecule has 0 atom stereocenters. The highest BCUT2D eigenvalue weighted by Crippen LogP contribution is 2.41. The zero-order valence-corrected chi connectivity index (χ0v) is 25.8. The van der Waals surface area contributed by atoms with Crippen molar-refractivity contribution in [3.05, 3.63) is 164 Å². The van der Waals surface area contributed by atoms with E-state index < -0.39 is 0 Å². The van der Waals surface area contributed by atoms with Crippen LogP contribution in [-0.2, 0) is 0 Å². The predicted octanol–water partition coefficient (Wildman–Crippen LogP) is 10.6. The van der Waals surface area contributed by atoms with Crippen LogP contribution in [0.2, 0.25) is 0 Å². The van der Waals surface area contributed by atoms with Crippen LogP contribution in [0.25, 0.3) is 88.8 Å². The average molecular weight is 614 g/mol. The standard InChI is InChI=1S/C43H27N5/c1-4-14-28(15-5-1)41-44-42(29-16-6-2-7-17-29)46-43(45-41)48-37-23-13-11-21-33(37)40-34-27-35-32-20-10-12-22-36(32)47(31-18-8-3-9-19-31)39(35)26-30(34)24-25-38(40)48/h1-27H. The minimum Gasteiger partial charge on any atom is -0.309 e. The summed E-state index contributed by atoms with van der Waals surface area (Å²) in [4.78, 5) is 15.2. The van der Waals surface area contributed by atoms with Crippen molar-refractivity contribution in [2.45, 2.75) is 0 Å². The van der Waals surface area contributed by atoms with Gasteiger partial charge in [-0.15, -0.1) is 0 Å². The Bertz CT molecular complexity index is 2760. The van der Waals surface area contributed by atoms with Crippen molar-refractivity contribution in [2.24, 2.45) is 0 Å². The molecule has 0 spiro atoms. The summed E-state index contributed by atoms with van der Waals surface area (Å²) in [6, 6.07) is 57.3. The highest BCUT2D eigenvalue weighted by Gasteiger charge is 2.20. The van der Waals surface area contributed by atoms with Gasteiger partial charge in [-0.25, -0.2) is 4.98 Å². The van der Waals surface area contributed by atoms with Gasteiger partial charge in [-0.2, -0.15) is 9.97 Å². The molecule has 48 heavy (non-hydrogen) atoms. The highest BCUT2D eigenvalue weighted by molar-refractivity contribution is 6.25. The Morgan fingerprint density at radius 3 is 1.58 bits per heavy atom. The third kappa shape index (κ3) is 4.01. The highest BCUT2D eigenvalue weighted by atomic mass is 15.2. The molecular formula is C43H27N5. The van der Waals surface area contributed by atoms with Crippen molar-refractivity contribution < 1.29 is 0 Å². The lowest BCUT2D eigenvalue weighted by molar-refractivity contribution is 0.953. The van der Waals surface area contributed by atoms with Crippen LogP contribution in [0.3, 0.4) is 0 Å². The van der Waals surface area contributed by atoms with Crippen molar-refractivity contribution in [3.63, 3.8) is 0 Å². The Balaban J connectivity index is 1.30. The molecule has 224 valence electrons. The maximum atomic E-state index is 5.12. The van der Waals surface area contributed by atoms with E-state index in [1.54, 1.807) is 0 Å². The van der Waals surface area contributed by atoms with Crippen LogP contribution in [-0.4, -0.2) is 24.1 Å². The quantitative estimate of drug-likeness (QED) is 0.198. The van der Waals surface area contributed by atoms with Crippen LogP contribution in [0.1, 0.15) is 0 Å². The molecule has 3 heterocycles. The van der Waals surface area contributed by atoms with Crippen LogP contribution < -0.4 is 0 Å². The van der Waals surface area contributed by atoms with Crippen LogP contribution in [0.4, 0.5) is 0 Å². The van der Waals surface area contributed by atoms with Crippen molar-refractivity contribution >= 4 is 54.4 Å². The molecule has 3 aromatic heterocycles. The van der Waals surface area contributed by atoms with E-state index in [1.807, 2.05) is 60.7 Å². The summed E-state index contributed by atoms with van der Waals surface area (Å²) in [6.07, 6.45) is 0.